The molecule has 3 aromatic rings. The lowest BCUT2D eigenvalue weighted by molar-refractivity contribution is 0.175. The molecule has 0 amide bonds. The maximum Gasteiger partial charge on any atom is 0.243 e. The first kappa shape index (κ1) is 16.7. The van der Waals surface area contributed by atoms with Crippen molar-refractivity contribution >= 4 is 11.6 Å². The number of aromatic nitrogens is 6. The Hall–Kier alpha value is -2.71. The van der Waals surface area contributed by atoms with Gasteiger partial charge in [0.25, 0.3) is 0 Å². The number of ether oxygens (including phenoxy) is 1. The number of alkyl halides is 1. The molecule has 9 heteroatoms. The third-order valence-electron chi connectivity index (χ3n) is 4.54. The minimum Gasteiger partial charge on any atom is -0.484 e. The Labute approximate surface area is 150 Å². The number of fused-ring (bicyclic) bond motifs is 1. The van der Waals surface area contributed by atoms with E-state index < -0.39 is 6.67 Å². The van der Waals surface area contributed by atoms with Gasteiger partial charge in [0.05, 0.1) is 12.2 Å². The van der Waals surface area contributed by atoms with E-state index in [0.717, 1.165) is 12.0 Å². The summed E-state index contributed by atoms with van der Waals surface area (Å²) in [5.41, 5.74) is 2.05. The number of nitrogens with one attached hydrogen (secondary N) is 2. The predicted octanol–water partition coefficient (Wildman–Crippen LogP) is 2.85. The van der Waals surface area contributed by atoms with E-state index in [0.29, 0.717) is 29.0 Å². The molecule has 0 spiro atoms. The van der Waals surface area contributed by atoms with Gasteiger partial charge >= 0.3 is 0 Å². The highest BCUT2D eigenvalue weighted by molar-refractivity contribution is 5.73. The summed E-state index contributed by atoms with van der Waals surface area (Å²) in [4.78, 5) is 9.02. The fraction of sp³-hybridized carbons (Fsp3) is 0.529. The Morgan fingerprint density at radius 3 is 2.96 bits per heavy atom. The average molecular weight is 359 g/mol. The molecule has 1 fully saturated rings. The van der Waals surface area contributed by atoms with Crippen LogP contribution in [0.4, 0.5) is 10.3 Å². The van der Waals surface area contributed by atoms with Gasteiger partial charge in [-0.3, -0.25) is 5.10 Å². The van der Waals surface area contributed by atoms with Crippen molar-refractivity contribution in [3.63, 3.8) is 0 Å². The molecule has 8 nitrogen and oxygen atoms in total. The number of hydrogen-bond donors (Lipinski definition) is 2. The molecule has 1 aliphatic carbocycles. The second-order valence-electron chi connectivity index (χ2n) is 6.71. The molecule has 0 aromatic carbocycles. The monoisotopic (exact) mass is 359 g/mol. The van der Waals surface area contributed by atoms with Crippen molar-refractivity contribution in [2.45, 2.75) is 45.3 Å². The normalized spacial score (nSPS) is 16.6. The molecule has 2 atom stereocenters. The zero-order valence-electron chi connectivity index (χ0n) is 14.8. The number of nitrogens with zero attached hydrogens (tertiary/aromatic N) is 5. The number of H-pyrrole nitrogens is 1. The van der Waals surface area contributed by atoms with E-state index >= 15 is 0 Å². The summed E-state index contributed by atoms with van der Waals surface area (Å²) in [5, 5.41) is 14.1. The molecule has 2 N–H and O–H groups in total. The van der Waals surface area contributed by atoms with E-state index in [2.05, 4.69) is 37.5 Å². The van der Waals surface area contributed by atoms with E-state index in [1.54, 1.807) is 30.2 Å². The van der Waals surface area contributed by atoms with Gasteiger partial charge in [0.15, 0.2) is 5.75 Å². The van der Waals surface area contributed by atoms with Crippen LogP contribution in [0.1, 0.15) is 33.1 Å². The van der Waals surface area contributed by atoms with Gasteiger partial charge in [-0.1, -0.05) is 6.92 Å². The Kier molecular flexibility index (Phi) is 4.44. The van der Waals surface area contributed by atoms with E-state index in [-0.39, 0.29) is 12.1 Å². The van der Waals surface area contributed by atoms with Crippen LogP contribution in [0.5, 0.6) is 5.75 Å². The number of hydrogen-bond acceptors (Lipinski definition) is 6. The van der Waals surface area contributed by atoms with Crippen molar-refractivity contribution in [3.05, 3.63) is 18.7 Å². The van der Waals surface area contributed by atoms with Crippen molar-refractivity contribution in [2.24, 2.45) is 5.92 Å². The minimum absolute atomic E-state index is 0.117. The van der Waals surface area contributed by atoms with Crippen molar-refractivity contribution in [1.29, 1.82) is 0 Å². The van der Waals surface area contributed by atoms with Crippen LogP contribution in [0, 0.1) is 5.92 Å². The molecule has 1 saturated carbocycles. The Balaban J connectivity index is 1.78. The zero-order valence-corrected chi connectivity index (χ0v) is 14.8. The summed E-state index contributed by atoms with van der Waals surface area (Å²) in [6, 6.07) is -0.368. The van der Waals surface area contributed by atoms with Crippen LogP contribution >= 0.6 is 0 Å². The second-order valence-corrected chi connectivity index (χ2v) is 6.71. The van der Waals surface area contributed by atoms with Gasteiger partial charge in [0.2, 0.25) is 11.6 Å². The SMILES string of the molecule is CC[C@H](Oc1c(-c2cn[nH]c2)ncn2nc(N[C@@H](C)CF)nc12)C1CC1. The van der Waals surface area contributed by atoms with Crippen LogP contribution in [0.15, 0.2) is 18.7 Å². The van der Waals surface area contributed by atoms with Crippen molar-refractivity contribution in [1.82, 2.24) is 29.8 Å². The average Bonchev–Trinajstić information content (AvgIpc) is 3.18. The molecule has 0 unspecified atom stereocenters. The van der Waals surface area contributed by atoms with Gasteiger partial charge in [-0.05, 0) is 32.1 Å². The highest BCUT2D eigenvalue weighted by Crippen LogP contribution is 2.39. The third-order valence-corrected chi connectivity index (χ3v) is 4.54. The molecule has 0 aliphatic heterocycles. The van der Waals surface area contributed by atoms with Gasteiger partial charge in [-0.15, -0.1) is 5.10 Å². The van der Waals surface area contributed by atoms with Gasteiger partial charge in [0.1, 0.15) is 24.8 Å². The van der Waals surface area contributed by atoms with Crippen LogP contribution in [0.3, 0.4) is 0 Å². The summed E-state index contributed by atoms with van der Waals surface area (Å²) in [5.74, 6) is 1.51. The topological polar surface area (TPSA) is 93.0 Å². The molecular weight excluding hydrogens is 337 g/mol. The smallest absolute Gasteiger partial charge is 0.243 e. The second kappa shape index (κ2) is 6.89. The van der Waals surface area contributed by atoms with E-state index in [4.69, 9.17) is 4.74 Å². The Morgan fingerprint density at radius 1 is 1.46 bits per heavy atom. The molecule has 3 aromatic heterocycles. The van der Waals surface area contributed by atoms with Crippen LogP contribution < -0.4 is 10.1 Å². The molecule has 138 valence electrons. The molecule has 26 heavy (non-hydrogen) atoms. The Morgan fingerprint density at radius 2 is 2.31 bits per heavy atom. The summed E-state index contributed by atoms with van der Waals surface area (Å²) in [6.07, 6.45) is 8.45. The fourth-order valence-electron chi connectivity index (χ4n) is 2.98. The largest absolute Gasteiger partial charge is 0.484 e. The summed E-state index contributed by atoms with van der Waals surface area (Å²) in [7, 11) is 0. The molecule has 1 aliphatic rings. The standard InChI is InChI=1S/C17H22FN7O/c1-3-13(11-4-5-11)26-15-14(12-7-20-21-8-12)19-9-25-16(15)23-17(24-25)22-10(2)6-18/h7-11,13H,3-6H2,1-2H3,(H,20,21)(H,22,24)/t10-,13-/m0/s1. The number of anilines is 1. The minimum atomic E-state index is -0.503. The van der Waals surface area contributed by atoms with E-state index in [9.17, 15) is 4.39 Å². The third kappa shape index (κ3) is 3.21. The van der Waals surface area contributed by atoms with E-state index in [1.165, 1.54) is 12.8 Å². The summed E-state index contributed by atoms with van der Waals surface area (Å²) < 4.78 is 20.7. The lowest BCUT2D eigenvalue weighted by atomic mass is 10.1. The van der Waals surface area contributed by atoms with E-state index in [1.807, 2.05) is 0 Å². The molecule has 3 heterocycles. The van der Waals surface area contributed by atoms with Gasteiger partial charge in [-0.2, -0.15) is 14.6 Å². The highest BCUT2D eigenvalue weighted by Gasteiger charge is 2.33. The van der Waals surface area contributed by atoms with Gasteiger partial charge in [0, 0.05) is 11.8 Å². The first-order valence-electron chi connectivity index (χ1n) is 8.93. The van der Waals surface area contributed by atoms with Crippen molar-refractivity contribution in [2.75, 3.05) is 12.0 Å². The molecular formula is C17H22FN7O. The first-order valence-corrected chi connectivity index (χ1v) is 8.93. The lowest BCUT2D eigenvalue weighted by Gasteiger charge is -2.18. The fourth-order valence-corrected chi connectivity index (χ4v) is 2.98. The van der Waals surface area contributed by atoms with Crippen LogP contribution in [-0.2, 0) is 0 Å². The lowest BCUT2D eigenvalue weighted by Crippen LogP contribution is -2.19. The highest BCUT2D eigenvalue weighted by atomic mass is 19.1. The Bertz CT molecular complexity index is 875. The molecule has 0 saturated heterocycles. The van der Waals surface area contributed by atoms with Crippen LogP contribution in [0.25, 0.3) is 16.9 Å². The maximum absolute atomic E-state index is 12.8. The molecule has 4 rings (SSSR count). The zero-order chi connectivity index (χ0) is 18.1. The number of rotatable bonds is 8. The van der Waals surface area contributed by atoms with Crippen LogP contribution in [0.2, 0.25) is 0 Å². The summed E-state index contributed by atoms with van der Waals surface area (Å²) >= 11 is 0. The molecule has 0 radical (unpaired) electrons. The summed E-state index contributed by atoms with van der Waals surface area (Å²) in [6.45, 7) is 3.35. The van der Waals surface area contributed by atoms with Gasteiger partial charge < -0.3 is 10.1 Å². The first-order chi connectivity index (χ1) is 12.7. The van der Waals surface area contributed by atoms with Crippen molar-refractivity contribution < 1.29 is 9.13 Å². The quantitative estimate of drug-likeness (QED) is 0.642. The van der Waals surface area contributed by atoms with Crippen LogP contribution in [-0.4, -0.2) is 48.6 Å². The van der Waals surface area contributed by atoms with Gasteiger partial charge in [-0.25, -0.2) is 9.37 Å². The maximum atomic E-state index is 12.8. The number of aromatic amines is 1. The number of halogens is 1. The predicted molar refractivity (Wildman–Crippen MR) is 94.9 cm³/mol. The molecule has 0 bridgehead atoms. The van der Waals surface area contributed by atoms with Crippen molar-refractivity contribution in [3.8, 4) is 17.0 Å².